The molecule has 1 heterocycles. The van der Waals surface area contributed by atoms with Crippen LogP contribution in [0.5, 0.6) is 0 Å². The summed E-state index contributed by atoms with van der Waals surface area (Å²) in [6.45, 7) is 0.0584. The first kappa shape index (κ1) is 21.7. The molecule has 2 N–H and O–H groups in total. The Labute approximate surface area is 171 Å². The number of nitro groups is 1. The molecule has 0 bridgehead atoms. The molecule has 0 unspecified atom stereocenters. The number of halogens is 4. The average molecular weight is 438 g/mol. The number of carbonyl (C=O) groups is 1. The molecule has 1 aromatic heterocycles. The maximum atomic E-state index is 13.6. The van der Waals surface area contributed by atoms with E-state index >= 15 is 0 Å². The third-order valence-electron chi connectivity index (χ3n) is 4.02. The maximum absolute atomic E-state index is 13.6. The summed E-state index contributed by atoms with van der Waals surface area (Å²) in [5.41, 5.74) is -2.20. The molecule has 0 atom stereocenters. The van der Waals surface area contributed by atoms with Crippen LogP contribution in [0, 0.1) is 15.9 Å². The molecular weight excluding hydrogens is 424 g/mol. The van der Waals surface area contributed by atoms with Crippen molar-refractivity contribution in [3.8, 4) is 5.69 Å². The number of hydrogen-bond donors (Lipinski definition) is 2. The predicted octanol–water partition coefficient (Wildman–Crippen LogP) is 3.18. The standard InChI is InChI=1S/C18H14F4N6O3/c19-11-2-1-3-14(10-11)27-16(18(20,21)22)15(25-26-27)17(29)24-9-8-23-12-4-6-13(7-5-12)28(30)31/h1-7,10,23H,8-9H2,(H,24,29). The summed E-state index contributed by atoms with van der Waals surface area (Å²) in [6.07, 6.45) is -4.97. The molecule has 3 aromatic rings. The van der Waals surface area contributed by atoms with Gasteiger partial charge in [0.25, 0.3) is 11.6 Å². The van der Waals surface area contributed by atoms with Crippen molar-refractivity contribution in [1.82, 2.24) is 20.3 Å². The van der Waals surface area contributed by atoms with E-state index in [0.29, 0.717) is 10.4 Å². The topological polar surface area (TPSA) is 115 Å². The zero-order chi connectivity index (χ0) is 22.6. The number of carbonyl (C=O) groups excluding carboxylic acids is 1. The average Bonchev–Trinajstić information content (AvgIpc) is 3.17. The highest BCUT2D eigenvalue weighted by Gasteiger charge is 2.42. The minimum atomic E-state index is -4.97. The molecule has 0 saturated heterocycles. The summed E-state index contributed by atoms with van der Waals surface area (Å²) >= 11 is 0. The van der Waals surface area contributed by atoms with E-state index in [9.17, 15) is 32.5 Å². The number of amides is 1. The molecule has 0 aliphatic carbocycles. The Kier molecular flexibility index (Phi) is 6.13. The maximum Gasteiger partial charge on any atom is 0.435 e. The van der Waals surface area contributed by atoms with Crippen molar-refractivity contribution in [2.24, 2.45) is 0 Å². The quantitative estimate of drug-likeness (QED) is 0.253. The van der Waals surface area contributed by atoms with Crippen LogP contribution in [0.1, 0.15) is 16.2 Å². The van der Waals surface area contributed by atoms with Gasteiger partial charge in [0.2, 0.25) is 0 Å². The van der Waals surface area contributed by atoms with E-state index in [-0.39, 0.29) is 24.5 Å². The molecular formula is C18H14F4N6O3. The molecule has 0 saturated carbocycles. The number of rotatable bonds is 7. The number of nitro benzene ring substituents is 1. The summed E-state index contributed by atoms with van der Waals surface area (Å²) in [6, 6.07) is 9.75. The number of nitrogens with zero attached hydrogens (tertiary/aromatic N) is 4. The molecule has 0 aliphatic heterocycles. The summed E-state index contributed by atoms with van der Waals surface area (Å²) < 4.78 is 54.4. The number of non-ortho nitro benzene ring substituents is 1. The highest BCUT2D eigenvalue weighted by Crippen LogP contribution is 2.32. The van der Waals surface area contributed by atoms with Gasteiger partial charge in [-0.2, -0.15) is 13.2 Å². The number of anilines is 1. The lowest BCUT2D eigenvalue weighted by Crippen LogP contribution is -2.31. The lowest BCUT2D eigenvalue weighted by molar-refractivity contribution is -0.384. The minimum Gasteiger partial charge on any atom is -0.383 e. The fraction of sp³-hybridized carbons (Fsp3) is 0.167. The summed E-state index contributed by atoms with van der Waals surface area (Å²) in [5, 5.41) is 22.4. The van der Waals surface area contributed by atoms with Crippen LogP contribution in [-0.4, -0.2) is 38.9 Å². The minimum absolute atomic E-state index is 0.0695. The van der Waals surface area contributed by atoms with Gasteiger partial charge in [0.1, 0.15) is 5.82 Å². The van der Waals surface area contributed by atoms with E-state index in [2.05, 4.69) is 20.9 Å². The van der Waals surface area contributed by atoms with Gasteiger partial charge in [-0.3, -0.25) is 14.9 Å². The van der Waals surface area contributed by atoms with Crippen LogP contribution in [0.15, 0.2) is 48.5 Å². The van der Waals surface area contributed by atoms with E-state index < -0.39 is 34.2 Å². The van der Waals surface area contributed by atoms with E-state index in [4.69, 9.17) is 0 Å². The zero-order valence-corrected chi connectivity index (χ0v) is 15.6. The predicted molar refractivity (Wildman–Crippen MR) is 100 cm³/mol. The van der Waals surface area contributed by atoms with Gasteiger partial charge in [-0.1, -0.05) is 11.3 Å². The lowest BCUT2D eigenvalue weighted by atomic mass is 10.2. The zero-order valence-electron chi connectivity index (χ0n) is 15.6. The molecule has 2 aromatic carbocycles. The number of benzene rings is 2. The Morgan fingerprint density at radius 2 is 1.84 bits per heavy atom. The summed E-state index contributed by atoms with van der Waals surface area (Å²) in [4.78, 5) is 22.3. The first-order valence-corrected chi connectivity index (χ1v) is 8.72. The Hall–Kier alpha value is -4.03. The van der Waals surface area contributed by atoms with E-state index in [1.54, 1.807) is 0 Å². The van der Waals surface area contributed by atoms with Gasteiger partial charge >= 0.3 is 6.18 Å². The van der Waals surface area contributed by atoms with Crippen LogP contribution in [-0.2, 0) is 6.18 Å². The number of aromatic nitrogens is 3. The number of alkyl halides is 3. The van der Waals surface area contributed by atoms with Crippen molar-refractivity contribution in [3.05, 3.63) is 75.9 Å². The van der Waals surface area contributed by atoms with Crippen molar-refractivity contribution < 1.29 is 27.3 Å². The van der Waals surface area contributed by atoms with Crippen LogP contribution < -0.4 is 10.6 Å². The summed E-state index contributed by atoms with van der Waals surface area (Å²) in [7, 11) is 0. The highest BCUT2D eigenvalue weighted by molar-refractivity contribution is 5.93. The van der Waals surface area contributed by atoms with Gasteiger partial charge in [-0.25, -0.2) is 9.07 Å². The van der Waals surface area contributed by atoms with Gasteiger partial charge in [0.05, 0.1) is 10.6 Å². The molecule has 0 fully saturated rings. The molecule has 0 radical (unpaired) electrons. The highest BCUT2D eigenvalue weighted by atomic mass is 19.4. The largest absolute Gasteiger partial charge is 0.435 e. The second-order valence-electron chi connectivity index (χ2n) is 6.16. The molecule has 0 spiro atoms. The van der Waals surface area contributed by atoms with Crippen LogP contribution in [0.25, 0.3) is 5.69 Å². The Morgan fingerprint density at radius 1 is 1.13 bits per heavy atom. The molecule has 31 heavy (non-hydrogen) atoms. The smallest absolute Gasteiger partial charge is 0.383 e. The van der Waals surface area contributed by atoms with Crippen molar-refractivity contribution in [1.29, 1.82) is 0 Å². The third kappa shape index (κ3) is 5.12. The fourth-order valence-electron chi connectivity index (χ4n) is 2.65. The Balaban J connectivity index is 1.68. The van der Waals surface area contributed by atoms with Crippen molar-refractivity contribution in [2.45, 2.75) is 6.18 Å². The van der Waals surface area contributed by atoms with Crippen LogP contribution >= 0.6 is 0 Å². The Bertz CT molecular complexity index is 1100. The molecule has 0 aliphatic rings. The molecule has 162 valence electrons. The monoisotopic (exact) mass is 438 g/mol. The first-order chi connectivity index (χ1) is 14.7. The van der Waals surface area contributed by atoms with Gasteiger partial charge < -0.3 is 10.6 Å². The molecule has 13 heteroatoms. The second-order valence-corrected chi connectivity index (χ2v) is 6.16. The van der Waals surface area contributed by atoms with E-state index in [1.165, 1.54) is 36.4 Å². The van der Waals surface area contributed by atoms with Crippen LogP contribution in [0.3, 0.4) is 0 Å². The van der Waals surface area contributed by atoms with Gasteiger partial charge in [-0.05, 0) is 30.3 Å². The van der Waals surface area contributed by atoms with E-state index in [1.807, 2.05) is 0 Å². The van der Waals surface area contributed by atoms with Crippen molar-refractivity contribution in [3.63, 3.8) is 0 Å². The normalized spacial score (nSPS) is 11.2. The van der Waals surface area contributed by atoms with Crippen LogP contribution in [0.4, 0.5) is 28.9 Å². The molecule has 9 nitrogen and oxygen atoms in total. The van der Waals surface area contributed by atoms with Crippen LogP contribution in [0.2, 0.25) is 0 Å². The molecule has 3 rings (SSSR count). The SMILES string of the molecule is O=C(NCCNc1ccc([N+](=O)[O-])cc1)c1nnn(-c2cccc(F)c2)c1C(F)(F)F. The lowest BCUT2D eigenvalue weighted by Gasteiger charge is -2.11. The molecule has 1 amide bonds. The van der Waals surface area contributed by atoms with Crippen molar-refractivity contribution in [2.75, 3.05) is 18.4 Å². The third-order valence-corrected chi connectivity index (χ3v) is 4.02. The van der Waals surface area contributed by atoms with E-state index in [0.717, 1.165) is 12.1 Å². The van der Waals surface area contributed by atoms with Gasteiger partial charge in [0, 0.05) is 30.9 Å². The van der Waals surface area contributed by atoms with Crippen molar-refractivity contribution >= 4 is 17.3 Å². The van der Waals surface area contributed by atoms with Gasteiger partial charge in [0.15, 0.2) is 11.4 Å². The number of hydrogen-bond acceptors (Lipinski definition) is 6. The first-order valence-electron chi connectivity index (χ1n) is 8.72. The summed E-state index contributed by atoms with van der Waals surface area (Å²) in [5.74, 6) is -1.88. The fourth-order valence-corrected chi connectivity index (χ4v) is 2.65. The van der Waals surface area contributed by atoms with Gasteiger partial charge in [-0.15, -0.1) is 5.10 Å². The number of nitrogens with one attached hydrogen (secondary N) is 2. The Morgan fingerprint density at radius 3 is 2.45 bits per heavy atom. The second kappa shape index (κ2) is 8.77.